The van der Waals surface area contributed by atoms with Gasteiger partial charge in [-0.05, 0) is 12.1 Å². The molecule has 3 nitrogen and oxygen atoms in total. The molecule has 2 rings (SSSR count). The van der Waals surface area contributed by atoms with Gasteiger partial charge in [-0.1, -0.05) is 15.9 Å². The fourth-order valence-electron chi connectivity index (χ4n) is 1.65. The van der Waals surface area contributed by atoms with E-state index in [1.165, 1.54) is 4.90 Å². The lowest BCUT2D eigenvalue weighted by atomic mass is 10.2. The van der Waals surface area contributed by atoms with Crippen LogP contribution in [0.15, 0.2) is 16.6 Å². The van der Waals surface area contributed by atoms with Crippen molar-refractivity contribution in [1.29, 1.82) is 0 Å². The molecule has 1 fully saturated rings. The van der Waals surface area contributed by atoms with Crippen molar-refractivity contribution >= 4 is 27.6 Å². The molecule has 0 radical (unpaired) electrons. The molecular weight excluding hydrogens is 282 g/mol. The van der Waals surface area contributed by atoms with E-state index in [2.05, 4.69) is 15.9 Å². The van der Waals surface area contributed by atoms with Crippen LogP contribution in [0.1, 0.15) is 0 Å². The van der Waals surface area contributed by atoms with E-state index >= 15 is 0 Å². The number of rotatable bonds is 1. The molecule has 16 heavy (non-hydrogen) atoms. The van der Waals surface area contributed by atoms with Crippen LogP contribution in [-0.4, -0.2) is 31.1 Å². The molecule has 0 atom stereocenters. The van der Waals surface area contributed by atoms with Crippen LogP contribution in [0.3, 0.4) is 0 Å². The molecule has 1 aromatic rings. The summed E-state index contributed by atoms with van der Waals surface area (Å²) in [5.41, 5.74) is -0.280. The van der Waals surface area contributed by atoms with Crippen LogP contribution >= 0.6 is 15.9 Å². The van der Waals surface area contributed by atoms with Crippen LogP contribution in [-0.2, 0) is 0 Å². The predicted octanol–water partition coefficient (Wildman–Crippen LogP) is 2.60. The van der Waals surface area contributed by atoms with E-state index in [0.717, 1.165) is 17.0 Å². The normalized spacial score (nSPS) is 16.1. The van der Waals surface area contributed by atoms with Crippen molar-refractivity contribution in [3.8, 4) is 0 Å². The molecular formula is C10H9BrF2N2O. The van der Waals surface area contributed by atoms with Gasteiger partial charge in [0.25, 0.3) is 0 Å². The number of amides is 2. The van der Waals surface area contributed by atoms with Gasteiger partial charge in [-0.2, -0.15) is 0 Å². The maximum Gasteiger partial charge on any atom is 0.324 e. The molecule has 0 N–H and O–H groups in total. The smallest absolute Gasteiger partial charge is 0.324 e. The van der Waals surface area contributed by atoms with Gasteiger partial charge < -0.3 is 4.90 Å². The predicted molar refractivity (Wildman–Crippen MR) is 59.4 cm³/mol. The summed E-state index contributed by atoms with van der Waals surface area (Å²) in [5.74, 6) is -1.48. The van der Waals surface area contributed by atoms with Gasteiger partial charge in [-0.15, -0.1) is 0 Å². The van der Waals surface area contributed by atoms with Crippen LogP contribution in [0.5, 0.6) is 0 Å². The highest BCUT2D eigenvalue weighted by Crippen LogP contribution is 2.29. The highest BCUT2D eigenvalue weighted by molar-refractivity contribution is 9.10. The van der Waals surface area contributed by atoms with E-state index in [9.17, 15) is 13.6 Å². The molecule has 2 amide bonds. The van der Waals surface area contributed by atoms with Crippen molar-refractivity contribution in [3.05, 3.63) is 28.2 Å². The largest absolute Gasteiger partial charge is 0.326 e. The van der Waals surface area contributed by atoms with Gasteiger partial charge in [0.2, 0.25) is 0 Å². The Morgan fingerprint density at radius 3 is 2.25 bits per heavy atom. The SMILES string of the molecule is CN1CCN(c2c(F)cc(Br)cc2F)C1=O. The number of hydrogen-bond donors (Lipinski definition) is 0. The first-order valence-corrected chi connectivity index (χ1v) is 5.47. The van der Waals surface area contributed by atoms with Crippen molar-refractivity contribution in [2.75, 3.05) is 25.0 Å². The van der Waals surface area contributed by atoms with Gasteiger partial charge >= 0.3 is 6.03 Å². The zero-order valence-electron chi connectivity index (χ0n) is 8.51. The Kier molecular flexibility index (Phi) is 2.84. The van der Waals surface area contributed by atoms with Crippen LogP contribution in [0.25, 0.3) is 0 Å². The first kappa shape index (κ1) is 11.3. The fraction of sp³-hybridized carbons (Fsp3) is 0.300. The molecule has 1 aromatic carbocycles. The van der Waals surface area contributed by atoms with E-state index < -0.39 is 11.6 Å². The number of anilines is 1. The molecule has 1 saturated heterocycles. The number of nitrogens with zero attached hydrogens (tertiary/aromatic N) is 2. The van der Waals surface area contributed by atoms with Gasteiger partial charge in [0, 0.05) is 24.6 Å². The van der Waals surface area contributed by atoms with Crippen molar-refractivity contribution in [2.24, 2.45) is 0 Å². The number of benzene rings is 1. The average Bonchev–Trinajstić information content (AvgIpc) is 2.48. The van der Waals surface area contributed by atoms with Crippen LogP contribution in [0.2, 0.25) is 0 Å². The number of hydrogen-bond acceptors (Lipinski definition) is 1. The van der Waals surface area contributed by atoms with Gasteiger partial charge in [-0.3, -0.25) is 4.90 Å². The summed E-state index contributed by atoms with van der Waals surface area (Å²) in [6, 6.07) is 1.90. The van der Waals surface area contributed by atoms with Gasteiger partial charge in [0.05, 0.1) is 0 Å². The summed E-state index contributed by atoms with van der Waals surface area (Å²) in [4.78, 5) is 14.1. The van der Waals surface area contributed by atoms with E-state index in [1.807, 2.05) is 0 Å². The monoisotopic (exact) mass is 290 g/mol. The second-order valence-corrected chi connectivity index (χ2v) is 4.49. The maximum atomic E-state index is 13.6. The van der Waals surface area contributed by atoms with E-state index in [1.54, 1.807) is 7.05 Å². The second kappa shape index (κ2) is 4.01. The molecule has 86 valence electrons. The summed E-state index contributed by atoms with van der Waals surface area (Å²) >= 11 is 2.99. The number of carbonyl (C=O) groups is 1. The van der Waals surface area contributed by atoms with Crippen molar-refractivity contribution in [1.82, 2.24) is 4.90 Å². The van der Waals surface area contributed by atoms with Crippen LogP contribution in [0, 0.1) is 11.6 Å². The second-order valence-electron chi connectivity index (χ2n) is 3.57. The fourth-order valence-corrected chi connectivity index (χ4v) is 2.05. The Balaban J connectivity index is 2.45. The van der Waals surface area contributed by atoms with Crippen molar-refractivity contribution in [2.45, 2.75) is 0 Å². The van der Waals surface area contributed by atoms with Gasteiger partial charge in [0.1, 0.15) is 5.69 Å². The third-order valence-corrected chi connectivity index (χ3v) is 2.93. The van der Waals surface area contributed by atoms with E-state index in [-0.39, 0.29) is 11.7 Å². The highest BCUT2D eigenvalue weighted by atomic mass is 79.9. The molecule has 6 heteroatoms. The molecule has 1 heterocycles. The zero-order valence-corrected chi connectivity index (χ0v) is 10.1. The Bertz CT molecular complexity index is 429. The summed E-state index contributed by atoms with van der Waals surface area (Å²) in [7, 11) is 1.59. The average molecular weight is 291 g/mol. The van der Waals surface area contributed by atoms with Gasteiger partial charge in [-0.25, -0.2) is 13.6 Å². The highest BCUT2D eigenvalue weighted by Gasteiger charge is 2.30. The third kappa shape index (κ3) is 1.77. The summed E-state index contributed by atoms with van der Waals surface area (Å²) in [5, 5.41) is 0. The number of halogens is 3. The number of carbonyl (C=O) groups excluding carboxylic acids is 1. The molecule has 0 unspecified atom stereocenters. The number of urea groups is 1. The Hall–Kier alpha value is -1.17. The lowest BCUT2D eigenvalue weighted by molar-refractivity contribution is 0.229. The third-order valence-electron chi connectivity index (χ3n) is 2.47. The van der Waals surface area contributed by atoms with E-state index in [0.29, 0.717) is 17.6 Å². The number of likely N-dealkylation sites (N-methyl/N-ethyl adjacent to an activating group) is 1. The summed E-state index contributed by atoms with van der Waals surface area (Å²) < 4.78 is 27.5. The minimum Gasteiger partial charge on any atom is -0.326 e. The molecule has 0 aromatic heterocycles. The lowest BCUT2D eigenvalue weighted by Crippen LogP contribution is -2.30. The van der Waals surface area contributed by atoms with Crippen LogP contribution in [0.4, 0.5) is 19.3 Å². The molecule has 0 saturated carbocycles. The Labute approximate surface area is 99.8 Å². The first-order valence-electron chi connectivity index (χ1n) is 4.68. The first-order chi connectivity index (χ1) is 7.50. The standard InChI is InChI=1S/C10H9BrF2N2O/c1-14-2-3-15(10(14)16)9-7(12)4-6(11)5-8(9)13/h4-5H,2-3H2,1H3. The Morgan fingerprint density at radius 1 is 1.25 bits per heavy atom. The van der Waals surface area contributed by atoms with Crippen LogP contribution < -0.4 is 4.90 Å². The quantitative estimate of drug-likeness (QED) is 0.780. The minimum atomic E-state index is -0.740. The minimum absolute atomic E-state index is 0.280. The zero-order chi connectivity index (χ0) is 11.9. The van der Waals surface area contributed by atoms with Gasteiger partial charge in [0.15, 0.2) is 11.6 Å². The van der Waals surface area contributed by atoms with E-state index in [4.69, 9.17) is 0 Å². The molecule has 1 aliphatic rings. The Morgan fingerprint density at radius 2 is 1.81 bits per heavy atom. The van der Waals surface area contributed by atoms with Crippen molar-refractivity contribution < 1.29 is 13.6 Å². The topological polar surface area (TPSA) is 23.6 Å². The lowest BCUT2D eigenvalue weighted by Gasteiger charge is -2.17. The summed E-state index contributed by atoms with van der Waals surface area (Å²) in [6.45, 7) is 0.762. The summed E-state index contributed by atoms with van der Waals surface area (Å²) in [6.07, 6.45) is 0. The molecule has 1 aliphatic heterocycles. The maximum absolute atomic E-state index is 13.6. The molecule has 0 aliphatic carbocycles. The van der Waals surface area contributed by atoms with Crippen molar-refractivity contribution in [3.63, 3.8) is 0 Å². The molecule has 0 bridgehead atoms. The molecule has 0 spiro atoms.